The first-order valence-electron chi connectivity index (χ1n) is 6.32. The van der Waals surface area contributed by atoms with E-state index in [1.165, 1.54) is 12.7 Å². The number of imidazole rings is 1. The molecule has 0 aliphatic rings. The number of esters is 1. The summed E-state index contributed by atoms with van der Waals surface area (Å²) >= 11 is 0. The van der Waals surface area contributed by atoms with Gasteiger partial charge in [0, 0.05) is 11.8 Å². The highest BCUT2D eigenvalue weighted by Crippen LogP contribution is 2.24. The Kier molecular flexibility index (Phi) is 2.99. The molecule has 2 aromatic heterocycles. The summed E-state index contributed by atoms with van der Waals surface area (Å²) in [6.45, 7) is 2.07. The summed E-state index contributed by atoms with van der Waals surface area (Å²) in [4.78, 5) is 15.9. The number of pyridine rings is 1. The van der Waals surface area contributed by atoms with Crippen molar-refractivity contribution in [2.45, 2.75) is 6.92 Å². The number of nitrogens with zero attached hydrogens (tertiary/aromatic N) is 2. The maximum absolute atomic E-state index is 11.5. The molecule has 0 saturated heterocycles. The van der Waals surface area contributed by atoms with E-state index in [1.807, 2.05) is 28.9 Å². The lowest BCUT2D eigenvalue weighted by Gasteiger charge is -2.06. The third-order valence-electron chi connectivity index (χ3n) is 3.36. The van der Waals surface area contributed by atoms with E-state index in [0.29, 0.717) is 5.56 Å². The van der Waals surface area contributed by atoms with Crippen LogP contribution in [0.4, 0.5) is 0 Å². The number of carbonyl (C=O) groups is 1. The van der Waals surface area contributed by atoms with Gasteiger partial charge in [-0.1, -0.05) is 24.3 Å². The highest BCUT2D eigenvalue weighted by molar-refractivity contribution is 5.90. The number of benzene rings is 1. The maximum atomic E-state index is 11.5. The molecule has 3 aromatic rings. The van der Waals surface area contributed by atoms with Gasteiger partial charge >= 0.3 is 5.97 Å². The first-order chi connectivity index (χ1) is 9.70. The minimum atomic E-state index is -0.354. The highest BCUT2D eigenvalue weighted by atomic mass is 16.5. The fourth-order valence-corrected chi connectivity index (χ4v) is 2.29. The number of methoxy groups -OCH3 is 1. The summed E-state index contributed by atoms with van der Waals surface area (Å²) in [5.41, 5.74) is 4.56. The van der Waals surface area contributed by atoms with Gasteiger partial charge in [0.05, 0.1) is 24.6 Å². The van der Waals surface area contributed by atoms with Gasteiger partial charge in [0.2, 0.25) is 0 Å². The van der Waals surface area contributed by atoms with E-state index in [0.717, 1.165) is 16.9 Å². The quantitative estimate of drug-likeness (QED) is 0.669. The van der Waals surface area contributed by atoms with Crippen molar-refractivity contribution in [3.05, 3.63) is 59.9 Å². The molecule has 0 unspecified atom stereocenters. The molecule has 0 aliphatic carbocycles. The number of rotatable bonds is 2. The Balaban J connectivity index is 2.16. The molecule has 4 nitrogen and oxygen atoms in total. The third kappa shape index (κ3) is 1.95. The summed E-state index contributed by atoms with van der Waals surface area (Å²) in [6.07, 6.45) is 3.66. The van der Waals surface area contributed by atoms with Crippen LogP contribution in [-0.4, -0.2) is 22.5 Å². The fraction of sp³-hybridized carbons (Fsp3) is 0.125. The van der Waals surface area contributed by atoms with Crippen LogP contribution >= 0.6 is 0 Å². The second-order valence-corrected chi connectivity index (χ2v) is 4.59. The Morgan fingerprint density at radius 3 is 2.80 bits per heavy atom. The highest BCUT2D eigenvalue weighted by Gasteiger charge is 2.11. The van der Waals surface area contributed by atoms with Crippen molar-refractivity contribution in [3.63, 3.8) is 0 Å². The Bertz CT molecular complexity index is 790. The van der Waals surface area contributed by atoms with Crippen LogP contribution in [-0.2, 0) is 4.74 Å². The van der Waals surface area contributed by atoms with Gasteiger partial charge in [0.25, 0.3) is 0 Å². The molecule has 100 valence electrons. The smallest absolute Gasteiger partial charge is 0.338 e. The van der Waals surface area contributed by atoms with Crippen LogP contribution in [0.15, 0.2) is 48.8 Å². The second-order valence-electron chi connectivity index (χ2n) is 4.59. The third-order valence-corrected chi connectivity index (χ3v) is 3.36. The van der Waals surface area contributed by atoms with Crippen molar-refractivity contribution in [3.8, 4) is 11.3 Å². The van der Waals surface area contributed by atoms with Gasteiger partial charge < -0.3 is 4.74 Å². The lowest BCUT2D eigenvalue weighted by Crippen LogP contribution is -2.02. The Hall–Kier alpha value is -2.62. The van der Waals surface area contributed by atoms with Gasteiger partial charge in [-0.3, -0.25) is 4.40 Å². The van der Waals surface area contributed by atoms with E-state index >= 15 is 0 Å². The molecule has 0 radical (unpaired) electrons. The number of hydrogen-bond donors (Lipinski definition) is 0. The molecular formula is C16H14N2O2. The first-order valence-corrected chi connectivity index (χ1v) is 6.32. The van der Waals surface area contributed by atoms with Gasteiger partial charge in [-0.05, 0) is 24.6 Å². The number of fused-ring (bicyclic) bond motifs is 1. The summed E-state index contributed by atoms with van der Waals surface area (Å²) in [5.74, 6) is -0.354. The summed E-state index contributed by atoms with van der Waals surface area (Å²) < 4.78 is 6.69. The van der Waals surface area contributed by atoms with Gasteiger partial charge in [-0.2, -0.15) is 0 Å². The van der Waals surface area contributed by atoms with Crippen molar-refractivity contribution in [2.75, 3.05) is 7.11 Å². The number of hydrogen-bond acceptors (Lipinski definition) is 3. The molecule has 3 rings (SSSR count). The largest absolute Gasteiger partial charge is 0.465 e. The molecule has 0 saturated carbocycles. The predicted octanol–water partition coefficient (Wildman–Crippen LogP) is 3.10. The molecule has 0 N–H and O–H groups in total. The topological polar surface area (TPSA) is 43.6 Å². The summed E-state index contributed by atoms with van der Waals surface area (Å²) in [5, 5.41) is 0. The van der Waals surface area contributed by atoms with E-state index < -0.39 is 0 Å². The Labute approximate surface area is 116 Å². The minimum Gasteiger partial charge on any atom is -0.465 e. The number of aryl methyl sites for hydroxylation is 1. The normalized spacial score (nSPS) is 10.7. The lowest BCUT2D eigenvalue weighted by atomic mass is 10.1. The molecule has 0 fully saturated rings. The number of carbonyl (C=O) groups excluding carboxylic acids is 1. The summed E-state index contributed by atoms with van der Waals surface area (Å²) in [7, 11) is 1.37. The maximum Gasteiger partial charge on any atom is 0.338 e. The van der Waals surface area contributed by atoms with E-state index in [1.54, 1.807) is 12.1 Å². The average molecular weight is 266 g/mol. The van der Waals surface area contributed by atoms with Crippen LogP contribution in [0, 0.1) is 6.92 Å². The number of ether oxygens (including phenoxy) is 1. The van der Waals surface area contributed by atoms with Crippen LogP contribution < -0.4 is 0 Å². The monoisotopic (exact) mass is 266 g/mol. The van der Waals surface area contributed by atoms with Gasteiger partial charge in [-0.25, -0.2) is 9.78 Å². The predicted molar refractivity (Wildman–Crippen MR) is 76.7 cm³/mol. The van der Waals surface area contributed by atoms with Crippen LogP contribution in [0.25, 0.3) is 16.9 Å². The van der Waals surface area contributed by atoms with Crippen LogP contribution in [0.3, 0.4) is 0 Å². The molecule has 20 heavy (non-hydrogen) atoms. The van der Waals surface area contributed by atoms with Crippen molar-refractivity contribution >= 4 is 11.6 Å². The van der Waals surface area contributed by atoms with E-state index in [-0.39, 0.29) is 5.97 Å². The fourth-order valence-electron chi connectivity index (χ4n) is 2.29. The number of aromatic nitrogens is 2. The van der Waals surface area contributed by atoms with Gasteiger partial charge in [-0.15, -0.1) is 0 Å². The zero-order valence-corrected chi connectivity index (χ0v) is 11.3. The van der Waals surface area contributed by atoms with Gasteiger partial charge in [0.1, 0.15) is 5.65 Å². The first kappa shape index (κ1) is 12.4. The molecule has 1 aromatic carbocycles. The lowest BCUT2D eigenvalue weighted by molar-refractivity contribution is 0.0600. The van der Waals surface area contributed by atoms with Crippen molar-refractivity contribution in [1.82, 2.24) is 9.38 Å². The van der Waals surface area contributed by atoms with Crippen molar-refractivity contribution in [1.29, 1.82) is 0 Å². The standard InChI is InChI=1S/C16H14N2O2/c1-11-5-3-4-6-13(11)14-10-17-15-9-12(16(19)20-2)7-8-18(14)15/h3-10H,1-2H3. The average Bonchev–Trinajstić information content (AvgIpc) is 2.90. The van der Waals surface area contributed by atoms with Crippen LogP contribution in [0.5, 0.6) is 0 Å². The van der Waals surface area contributed by atoms with Crippen molar-refractivity contribution in [2.24, 2.45) is 0 Å². The molecule has 2 heterocycles. The van der Waals surface area contributed by atoms with Crippen LogP contribution in [0.1, 0.15) is 15.9 Å². The van der Waals surface area contributed by atoms with Crippen molar-refractivity contribution < 1.29 is 9.53 Å². The summed E-state index contributed by atoms with van der Waals surface area (Å²) in [6, 6.07) is 11.6. The zero-order valence-electron chi connectivity index (χ0n) is 11.3. The van der Waals surface area contributed by atoms with Gasteiger partial charge in [0.15, 0.2) is 0 Å². The minimum absolute atomic E-state index is 0.354. The zero-order chi connectivity index (χ0) is 14.1. The van der Waals surface area contributed by atoms with Crippen LogP contribution in [0.2, 0.25) is 0 Å². The van der Waals surface area contributed by atoms with E-state index in [2.05, 4.69) is 24.0 Å². The molecule has 0 aliphatic heterocycles. The van der Waals surface area contributed by atoms with E-state index in [4.69, 9.17) is 4.74 Å². The molecule has 0 atom stereocenters. The Morgan fingerprint density at radius 2 is 2.05 bits per heavy atom. The molecule has 4 heteroatoms. The SMILES string of the molecule is COC(=O)c1ccn2c(-c3ccccc3C)cnc2c1. The molecule has 0 spiro atoms. The van der Waals surface area contributed by atoms with E-state index in [9.17, 15) is 4.79 Å². The molecular weight excluding hydrogens is 252 g/mol. The molecule has 0 bridgehead atoms. The Morgan fingerprint density at radius 1 is 1.25 bits per heavy atom. The molecule has 0 amide bonds. The second kappa shape index (κ2) is 4.81.